The number of carbonyl (C=O) groups is 1. The lowest BCUT2D eigenvalue weighted by Gasteiger charge is -2.13. The predicted octanol–water partition coefficient (Wildman–Crippen LogP) is 2.74. The monoisotopic (exact) mass is 335 g/mol. The van der Waals surface area contributed by atoms with Crippen LogP contribution >= 0.6 is 11.6 Å². The second-order valence-corrected chi connectivity index (χ2v) is 6.69. The zero-order chi connectivity index (χ0) is 15.9. The number of carboxylic acids is 1. The van der Waals surface area contributed by atoms with Crippen molar-refractivity contribution in [3.63, 3.8) is 0 Å². The second-order valence-electron chi connectivity index (χ2n) is 4.41. The van der Waals surface area contributed by atoms with Crippen molar-refractivity contribution in [2.45, 2.75) is 26.2 Å². The Balaban J connectivity index is 2.79. The molecule has 118 valence electrons. The Kier molecular flexibility index (Phi) is 6.77. The molecule has 2 N–H and O–H groups in total. The summed E-state index contributed by atoms with van der Waals surface area (Å²) < 4.78 is 31.7. The number of hydrogen-bond donors (Lipinski definition) is 2. The molecule has 1 aromatic rings. The zero-order valence-corrected chi connectivity index (χ0v) is 13.2. The van der Waals surface area contributed by atoms with Crippen molar-refractivity contribution in [2.24, 2.45) is 0 Å². The first-order chi connectivity index (χ1) is 9.84. The Labute approximate surface area is 129 Å². The first kappa shape index (κ1) is 17.6. The molecule has 21 heavy (non-hydrogen) atoms. The normalized spacial score (nSPS) is 11.1. The quantitative estimate of drug-likeness (QED) is 0.723. The molecule has 0 fully saturated rings. The first-order valence-electron chi connectivity index (χ1n) is 6.48. The number of nitrogens with one attached hydrogen (secondary N) is 1. The molecule has 0 saturated carbocycles. The molecule has 0 amide bonds. The molecule has 0 aliphatic carbocycles. The Morgan fingerprint density at radius 1 is 1.43 bits per heavy atom. The summed E-state index contributed by atoms with van der Waals surface area (Å²) in [4.78, 5) is 10.4. The molecule has 0 heterocycles. The van der Waals surface area contributed by atoms with Gasteiger partial charge in [-0.15, -0.1) is 0 Å². The molecule has 0 spiro atoms. The highest BCUT2D eigenvalue weighted by Crippen LogP contribution is 2.29. The largest absolute Gasteiger partial charge is 0.491 e. The molecule has 0 radical (unpaired) electrons. The van der Waals surface area contributed by atoms with Crippen molar-refractivity contribution in [2.75, 3.05) is 17.1 Å². The average Bonchev–Trinajstić information content (AvgIpc) is 2.36. The molecule has 0 unspecified atom stereocenters. The van der Waals surface area contributed by atoms with E-state index in [4.69, 9.17) is 21.4 Å². The predicted molar refractivity (Wildman–Crippen MR) is 81.5 cm³/mol. The SMILES string of the molecule is CCCOc1ccc(Cl)cc1NS(=O)(=O)CCCC(=O)O. The minimum absolute atomic E-state index is 0.0381. The van der Waals surface area contributed by atoms with Crippen LogP contribution in [0.3, 0.4) is 0 Å². The van der Waals surface area contributed by atoms with Crippen LogP contribution in [0, 0.1) is 0 Å². The minimum atomic E-state index is -3.65. The summed E-state index contributed by atoms with van der Waals surface area (Å²) in [6.45, 7) is 2.39. The molecule has 1 aromatic carbocycles. The third kappa shape index (κ3) is 6.68. The smallest absolute Gasteiger partial charge is 0.303 e. The molecule has 0 aliphatic heterocycles. The molecular formula is C13H18ClNO5S. The van der Waals surface area contributed by atoms with Crippen LogP contribution in [0.5, 0.6) is 5.75 Å². The van der Waals surface area contributed by atoms with Crippen molar-refractivity contribution < 1.29 is 23.1 Å². The van der Waals surface area contributed by atoms with Crippen LogP contribution < -0.4 is 9.46 Å². The van der Waals surface area contributed by atoms with Crippen molar-refractivity contribution >= 4 is 33.3 Å². The third-order valence-electron chi connectivity index (χ3n) is 2.47. The summed E-state index contributed by atoms with van der Waals surface area (Å²) in [5, 5.41) is 8.90. The molecule has 0 aliphatic rings. The van der Waals surface area contributed by atoms with Crippen LogP contribution in [-0.4, -0.2) is 31.9 Å². The molecular weight excluding hydrogens is 318 g/mol. The fourth-order valence-corrected chi connectivity index (χ4v) is 2.84. The number of benzene rings is 1. The number of halogens is 1. The van der Waals surface area contributed by atoms with Gasteiger partial charge in [-0.25, -0.2) is 8.42 Å². The van der Waals surface area contributed by atoms with E-state index in [9.17, 15) is 13.2 Å². The highest BCUT2D eigenvalue weighted by atomic mass is 35.5. The van der Waals surface area contributed by atoms with E-state index in [1.54, 1.807) is 12.1 Å². The maximum atomic E-state index is 11.9. The lowest BCUT2D eigenvalue weighted by molar-refractivity contribution is -0.137. The van der Waals surface area contributed by atoms with Crippen LogP contribution in [0.4, 0.5) is 5.69 Å². The highest BCUT2D eigenvalue weighted by molar-refractivity contribution is 7.92. The molecule has 8 heteroatoms. The molecule has 0 aromatic heterocycles. The number of anilines is 1. The van der Waals surface area contributed by atoms with Gasteiger partial charge in [0.2, 0.25) is 10.0 Å². The molecule has 0 atom stereocenters. The summed E-state index contributed by atoms with van der Waals surface area (Å²) in [5.74, 6) is -0.915. The lowest BCUT2D eigenvalue weighted by atomic mass is 10.3. The van der Waals surface area contributed by atoms with E-state index in [1.165, 1.54) is 6.07 Å². The van der Waals surface area contributed by atoms with Crippen molar-refractivity contribution in [3.8, 4) is 5.75 Å². The van der Waals surface area contributed by atoms with Crippen LogP contribution in [0.25, 0.3) is 0 Å². The van der Waals surface area contributed by atoms with Gasteiger partial charge in [0.05, 0.1) is 18.0 Å². The number of rotatable bonds is 9. The summed E-state index contributed by atoms with van der Waals surface area (Å²) in [7, 11) is -3.65. The molecule has 0 bridgehead atoms. The fourth-order valence-electron chi connectivity index (χ4n) is 1.55. The zero-order valence-electron chi connectivity index (χ0n) is 11.6. The van der Waals surface area contributed by atoms with Gasteiger partial charge in [0, 0.05) is 11.4 Å². The summed E-state index contributed by atoms with van der Waals surface area (Å²) in [5.41, 5.74) is 0.256. The van der Waals surface area contributed by atoms with E-state index in [0.717, 1.165) is 6.42 Å². The van der Waals surface area contributed by atoms with Gasteiger partial charge in [0.15, 0.2) is 0 Å². The van der Waals surface area contributed by atoms with Gasteiger partial charge in [-0.2, -0.15) is 0 Å². The van der Waals surface area contributed by atoms with Crippen molar-refractivity contribution in [1.29, 1.82) is 0 Å². The van der Waals surface area contributed by atoms with E-state index in [0.29, 0.717) is 17.4 Å². The topological polar surface area (TPSA) is 92.7 Å². The van der Waals surface area contributed by atoms with Crippen LogP contribution in [-0.2, 0) is 14.8 Å². The number of aliphatic carboxylic acids is 1. The van der Waals surface area contributed by atoms with Crippen LogP contribution in [0.15, 0.2) is 18.2 Å². The van der Waals surface area contributed by atoms with E-state index in [2.05, 4.69) is 4.72 Å². The van der Waals surface area contributed by atoms with Gasteiger partial charge in [-0.3, -0.25) is 9.52 Å². The maximum absolute atomic E-state index is 11.9. The molecule has 0 saturated heterocycles. The summed E-state index contributed by atoms with van der Waals surface area (Å²) >= 11 is 5.86. The standard InChI is InChI=1S/C13H18ClNO5S/c1-2-7-20-12-6-5-10(14)9-11(12)15-21(18,19)8-3-4-13(16)17/h5-6,9,15H,2-4,7-8H2,1H3,(H,16,17). The van der Waals surface area contributed by atoms with E-state index < -0.39 is 16.0 Å². The molecule has 1 rings (SSSR count). The fraction of sp³-hybridized carbons (Fsp3) is 0.462. The van der Waals surface area contributed by atoms with E-state index in [-0.39, 0.29) is 24.3 Å². The van der Waals surface area contributed by atoms with Gasteiger partial charge in [0.25, 0.3) is 0 Å². The third-order valence-corrected chi connectivity index (χ3v) is 4.06. The minimum Gasteiger partial charge on any atom is -0.491 e. The van der Waals surface area contributed by atoms with Crippen molar-refractivity contribution in [1.82, 2.24) is 0 Å². The van der Waals surface area contributed by atoms with E-state index in [1.807, 2.05) is 6.92 Å². The first-order valence-corrected chi connectivity index (χ1v) is 8.51. The second kappa shape index (κ2) is 8.09. The van der Waals surface area contributed by atoms with Gasteiger partial charge in [0.1, 0.15) is 5.75 Å². The van der Waals surface area contributed by atoms with Crippen LogP contribution in [0.2, 0.25) is 5.02 Å². The van der Waals surface area contributed by atoms with Gasteiger partial charge in [-0.05, 0) is 31.0 Å². The number of sulfonamides is 1. The van der Waals surface area contributed by atoms with Crippen molar-refractivity contribution in [3.05, 3.63) is 23.2 Å². The van der Waals surface area contributed by atoms with E-state index >= 15 is 0 Å². The number of ether oxygens (including phenoxy) is 1. The number of hydrogen-bond acceptors (Lipinski definition) is 4. The van der Waals surface area contributed by atoms with Gasteiger partial charge >= 0.3 is 5.97 Å². The summed E-state index contributed by atoms with van der Waals surface area (Å²) in [6.07, 6.45) is 0.624. The Morgan fingerprint density at radius 2 is 2.14 bits per heavy atom. The Morgan fingerprint density at radius 3 is 2.76 bits per heavy atom. The van der Waals surface area contributed by atoms with Crippen LogP contribution in [0.1, 0.15) is 26.2 Å². The van der Waals surface area contributed by atoms with Gasteiger partial charge < -0.3 is 9.84 Å². The number of carboxylic acid groups (broad SMARTS) is 1. The maximum Gasteiger partial charge on any atom is 0.303 e. The van der Waals surface area contributed by atoms with Gasteiger partial charge in [-0.1, -0.05) is 18.5 Å². The highest BCUT2D eigenvalue weighted by Gasteiger charge is 2.15. The lowest BCUT2D eigenvalue weighted by Crippen LogP contribution is -2.18. The Bertz CT molecular complexity index is 588. The Hall–Kier alpha value is -1.47. The molecule has 6 nitrogen and oxygen atoms in total. The summed E-state index contributed by atoms with van der Waals surface area (Å²) in [6, 6.07) is 4.66. The average molecular weight is 336 g/mol.